The van der Waals surface area contributed by atoms with Gasteiger partial charge in [0.05, 0.1) is 5.92 Å². The first-order chi connectivity index (χ1) is 8.58. The molecule has 4 atom stereocenters. The van der Waals surface area contributed by atoms with Crippen LogP contribution in [0.2, 0.25) is 0 Å². The van der Waals surface area contributed by atoms with E-state index in [2.05, 4.69) is 29.8 Å². The Labute approximate surface area is 119 Å². The molecule has 1 heterocycles. The predicted molar refractivity (Wildman–Crippen MR) is 76.7 cm³/mol. The van der Waals surface area contributed by atoms with Crippen LogP contribution in [-0.4, -0.2) is 16.9 Å². The van der Waals surface area contributed by atoms with Crippen molar-refractivity contribution in [2.24, 2.45) is 17.8 Å². The maximum atomic E-state index is 11.7. The van der Waals surface area contributed by atoms with Crippen LogP contribution in [0.5, 0.6) is 0 Å². The van der Waals surface area contributed by atoms with Gasteiger partial charge in [0.2, 0.25) is 0 Å². The van der Waals surface area contributed by atoms with Gasteiger partial charge in [-0.1, -0.05) is 42.6 Å². The molecular weight excluding hydrogens is 292 g/mol. The van der Waals surface area contributed by atoms with E-state index in [9.17, 15) is 4.79 Å². The summed E-state index contributed by atoms with van der Waals surface area (Å²) < 4.78 is 5.51. The van der Waals surface area contributed by atoms with Gasteiger partial charge in [0.1, 0.15) is 6.10 Å². The van der Waals surface area contributed by atoms with Crippen LogP contribution in [0.25, 0.3) is 0 Å². The zero-order valence-electron chi connectivity index (χ0n) is 11.5. The van der Waals surface area contributed by atoms with Crippen molar-refractivity contribution in [1.82, 2.24) is 0 Å². The van der Waals surface area contributed by atoms with Crippen LogP contribution >= 0.6 is 15.9 Å². The number of cyclic esters (lactones) is 1. The molecule has 2 unspecified atom stereocenters. The Morgan fingerprint density at radius 2 is 2.00 bits per heavy atom. The van der Waals surface area contributed by atoms with Crippen molar-refractivity contribution in [3.63, 3.8) is 0 Å². The first-order valence-electron chi connectivity index (χ1n) is 7.42. The fraction of sp³-hybridized carbons (Fsp3) is 0.933. The number of hydrogen-bond acceptors (Lipinski definition) is 2. The molecule has 18 heavy (non-hydrogen) atoms. The summed E-state index contributed by atoms with van der Waals surface area (Å²) >= 11 is 3.80. The number of rotatable bonds is 4. The number of hydrogen-bond donors (Lipinski definition) is 0. The fourth-order valence-electron chi connectivity index (χ4n) is 3.29. The lowest BCUT2D eigenvalue weighted by Crippen LogP contribution is -2.21. The second kappa shape index (κ2) is 6.40. The quantitative estimate of drug-likeness (QED) is 0.570. The van der Waals surface area contributed by atoms with Crippen molar-refractivity contribution in [2.75, 3.05) is 0 Å². The number of carbonyl (C=O) groups excluding carboxylic acids is 1. The Morgan fingerprint density at radius 1 is 1.28 bits per heavy atom. The molecule has 1 aliphatic carbocycles. The predicted octanol–water partition coefficient (Wildman–Crippen LogP) is 4.31. The van der Waals surface area contributed by atoms with E-state index < -0.39 is 0 Å². The van der Waals surface area contributed by atoms with Crippen molar-refractivity contribution in [2.45, 2.75) is 69.7 Å². The molecule has 2 aliphatic rings. The molecule has 0 amide bonds. The average Bonchev–Trinajstić information content (AvgIpc) is 2.70. The Kier molecular flexibility index (Phi) is 5.11. The van der Waals surface area contributed by atoms with Gasteiger partial charge in [-0.25, -0.2) is 0 Å². The van der Waals surface area contributed by atoms with E-state index in [1.165, 1.54) is 32.1 Å². The molecule has 2 rings (SSSR count). The van der Waals surface area contributed by atoms with E-state index in [1.807, 2.05) is 0 Å². The van der Waals surface area contributed by atoms with Gasteiger partial charge < -0.3 is 4.74 Å². The Bertz CT molecular complexity index is 290. The van der Waals surface area contributed by atoms with Gasteiger partial charge in [-0.2, -0.15) is 0 Å². The summed E-state index contributed by atoms with van der Waals surface area (Å²) in [5, 5.41) is 0. The minimum absolute atomic E-state index is 0.0361. The van der Waals surface area contributed by atoms with E-state index in [-0.39, 0.29) is 18.0 Å². The number of alkyl halides is 1. The van der Waals surface area contributed by atoms with Gasteiger partial charge in [0, 0.05) is 4.83 Å². The molecule has 0 spiro atoms. The highest BCUT2D eigenvalue weighted by Gasteiger charge is 2.36. The monoisotopic (exact) mass is 316 g/mol. The van der Waals surface area contributed by atoms with Crippen molar-refractivity contribution in [1.29, 1.82) is 0 Å². The SMILES string of the molecule is CC(C)[C@@H]1C[C@H](CCC2CCCCC2Br)OC1=O. The summed E-state index contributed by atoms with van der Waals surface area (Å²) in [4.78, 5) is 12.4. The third-order valence-corrected chi connectivity index (χ3v) is 5.79. The van der Waals surface area contributed by atoms with Gasteiger partial charge in [0.25, 0.3) is 0 Å². The summed E-state index contributed by atoms with van der Waals surface area (Å²) in [5.41, 5.74) is 0. The Morgan fingerprint density at radius 3 is 2.61 bits per heavy atom. The van der Waals surface area contributed by atoms with Crippen LogP contribution in [0.4, 0.5) is 0 Å². The first-order valence-corrected chi connectivity index (χ1v) is 8.34. The van der Waals surface area contributed by atoms with Gasteiger partial charge >= 0.3 is 5.97 Å². The van der Waals surface area contributed by atoms with Crippen LogP contribution in [0.1, 0.15) is 58.8 Å². The van der Waals surface area contributed by atoms with E-state index in [1.54, 1.807) is 0 Å². The molecule has 0 aromatic rings. The van der Waals surface area contributed by atoms with Crippen molar-refractivity contribution >= 4 is 21.9 Å². The molecule has 1 saturated heterocycles. The van der Waals surface area contributed by atoms with Gasteiger partial charge in [0.15, 0.2) is 0 Å². The second-order valence-corrected chi connectivity index (χ2v) is 7.46. The molecule has 0 radical (unpaired) electrons. The van der Waals surface area contributed by atoms with Gasteiger partial charge in [-0.05, 0) is 43.9 Å². The summed E-state index contributed by atoms with van der Waals surface area (Å²) in [6, 6.07) is 0. The van der Waals surface area contributed by atoms with E-state index in [4.69, 9.17) is 4.74 Å². The third-order valence-electron chi connectivity index (χ3n) is 4.58. The zero-order valence-corrected chi connectivity index (χ0v) is 13.1. The molecule has 2 nitrogen and oxygen atoms in total. The Hall–Kier alpha value is -0.0500. The zero-order chi connectivity index (χ0) is 13.1. The summed E-state index contributed by atoms with van der Waals surface area (Å²) in [6.45, 7) is 4.23. The van der Waals surface area contributed by atoms with Gasteiger partial charge in [-0.3, -0.25) is 4.79 Å². The van der Waals surface area contributed by atoms with E-state index >= 15 is 0 Å². The summed E-state index contributed by atoms with van der Waals surface area (Å²) in [7, 11) is 0. The molecule has 1 saturated carbocycles. The van der Waals surface area contributed by atoms with Crippen LogP contribution in [-0.2, 0) is 9.53 Å². The maximum Gasteiger partial charge on any atom is 0.309 e. The fourth-order valence-corrected chi connectivity index (χ4v) is 4.14. The largest absolute Gasteiger partial charge is 0.462 e. The lowest BCUT2D eigenvalue weighted by atomic mass is 9.84. The lowest BCUT2D eigenvalue weighted by molar-refractivity contribution is -0.145. The molecule has 0 N–H and O–H groups in total. The molecule has 104 valence electrons. The van der Waals surface area contributed by atoms with Crippen molar-refractivity contribution in [3.8, 4) is 0 Å². The molecular formula is C15H25BrO2. The average molecular weight is 317 g/mol. The second-order valence-electron chi connectivity index (χ2n) is 6.28. The number of halogens is 1. The highest BCUT2D eigenvalue weighted by atomic mass is 79.9. The molecule has 3 heteroatoms. The van der Waals surface area contributed by atoms with Crippen LogP contribution in [0.3, 0.4) is 0 Å². The van der Waals surface area contributed by atoms with Crippen molar-refractivity contribution < 1.29 is 9.53 Å². The van der Waals surface area contributed by atoms with Crippen LogP contribution < -0.4 is 0 Å². The topological polar surface area (TPSA) is 26.3 Å². The van der Waals surface area contributed by atoms with E-state index in [0.717, 1.165) is 18.8 Å². The first kappa shape index (κ1) is 14.4. The standard InChI is InChI=1S/C15H25BrO2/c1-10(2)13-9-12(18-15(13)17)8-7-11-5-3-4-6-14(11)16/h10-14H,3-9H2,1-2H3/t11?,12-,13-,14?/m0/s1. The minimum Gasteiger partial charge on any atom is -0.462 e. The molecule has 2 fully saturated rings. The number of ether oxygens (including phenoxy) is 1. The number of carbonyl (C=O) groups is 1. The Balaban J connectivity index is 1.76. The molecule has 1 aliphatic heterocycles. The highest BCUT2D eigenvalue weighted by molar-refractivity contribution is 9.09. The lowest BCUT2D eigenvalue weighted by Gasteiger charge is -2.27. The van der Waals surface area contributed by atoms with Crippen LogP contribution in [0, 0.1) is 17.8 Å². The molecule has 0 aromatic heterocycles. The minimum atomic E-state index is 0.0361. The highest BCUT2D eigenvalue weighted by Crippen LogP contribution is 2.36. The summed E-state index contributed by atoms with van der Waals surface area (Å²) in [6.07, 6.45) is 8.77. The van der Waals surface area contributed by atoms with Gasteiger partial charge in [-0.15, -0.1) is 0 Å². The molecule has 0 bridgehead atoms. The number of esters is 1. The molecule has 0 aromatic carbocycles. The van der Waals surface area contributed by atoms with E-state index in [0.29, 0.717) is 10.7 Å². The summed E-state index contributed by atoms with van der Waals surface area (Å²) in [5.74, 6) is 1.38. The maximum absolute atomic E-state index is 11.7. The third kappa shape index (κ3) is 3.49. The smallest absolute Gasteiger partial charge is 0.309 e. The normalized spacial score (nSPS) is 37.0. The van der Waals surface area contributed by atoms with Crippen molar-refractivity contribution in [3.05, 3.63) is 0 Å². The van der Waals surface area contributed by atoms with Crippen LogP contribution in [0.15, 0.2) is 0 Å².